The summed E-state index contributed by atoms with van der Waals surface area (Å²) in [6, 6.07) is 5.77. The summed E-state index contributed by atoms with van der Waals surface area (Å²) in [5.74, 6) is 0.0550. The van der Waals surface area contributed by atoms with Crippen LogP contribution in [0.4, 0.5) is 13.2 Å². The van der Waals surface area contributed by atoms with Crippen molar-refractivity contribution in [3.63, 3.8) is 0 Å². The molecule has 5 nitrogen and oxygen atoms in total. The van der Waals surface area contributed by atoms with Crippen LogP contribution < -0.4 is 10.6 Å². The van der Waals surface area contributed by atoms with Crippen LogP contribution in [0, 0.1) is 0 Å². The molecule has 32 heavy (non-hydrogen) atoms. The van der Waals surface area contributed by atoms with E-state index in [9.17, 15) is 18.0 Å². The van der Waals surface area contributed by atoms with Crippen LogP contribution in [-0.2, 0) is 17.5 Å². The van der Waals surface area contributed by atoms with Crippen molar-refractivity contribution in [2.45, 2.75) is 83.3 Å². The first-order valence-electron chi connectivity index (χ1n) is 11.8. The molecule has 2 aliphatic heterocycles. The fourth-order valence-corrected chi connectivity index (χ4v) is 4.96. The Balaban J connectivity index is 1.63. The van der Waals surface area contributed by atoms with E-state index in [1.54, 1.807) is 6.07 Å². The van der Waals surface area contributed by atoms with E-state index in [1.165, 1.54) is 12.1 Å². The van der Waals surface area contributed by atoms with Gasteiger partial charge < -0.3 is 15.5 Å². The van der Waals surface area contributed by atoms with E-state index in [0.717, 1.165) is 51.5 Å². The fraction of sp³-hybridized carbons (Fsp3) is 0.708. The van der Waals surface area contributed by atoms with Crippen molar-refractivity contribution in [3.05, 3.63) is 35.4 Å². The molecular weight excluding hydrogens is 417 g/mol. The Bertz CT molecular complexity index is 747. The van der Waals surface area contributed by atoms with Crippen LogP contribution in [0.25, 0.3) is 0 Å². The van der Waals surface area contributed by atoms with E-state index >= 15 is 0 Å². The van der Waals surface area contributed by atoms with Crippen molar-refractivity contribution < 1.29 is 18.0 Å². The monoisotopic (exact) mass is 454 g/mol. The molecule has 0 spiro atoms. The molecule has 1 aromatic rings. The number of hydrogen-bond donors (Lipinski definition) is 2. The summed E-state index contributed by atoms with van der Waals surface area (Å²) in [6.07, 6.45) is -0.424. The second-order valence-corrected chi connectivity index (χ2v) is 9.46. The highest BCUT2D eigenvalue weighted by Gasteiger charge is 2.41. The zero-order chi connectivity index (χ0) is 23.3. The minimum Gasteiger partial charge on any atom is -0.353 e. The van der Waals surface area contributed by atoms with Gasteiger partial charge in [0.15, 0.2) is 0 Å². The average Bonchev–Trinajstić information content (AvgIpc) is 3.17. The van der Waals surface area contributed by atoms with Crippen molar-refractivity contribution in [2.24, 2.45) is 0 Å². The third-order valence-corrected chi connectivity index (χ3v) is 6.49. The Hall–Kier alpha value is -1.64. The maximum Gasteiger partial charge on any atom is 0.416 e. The molecule has 3 rings (SSSR count). The van der Waals surface area contributed by atoms with Crippen LogP contribution >= 0.6 is 0 Å². The molecule has 0 bridgehead atoms. The number of benzene rings is 1. The summed E-state index contributed by atoms with van der Waals surface area (Å²) in [6.45, 7) is 10.4. The highest BCUT2D eigenvalue weighted by atomic mass is 19.4. The first-order chi connectivity index (χ1) is 15.2. The van der Waals surface area contributed by atoms with Gasteiger partial charge in [0.1, 0.15) is 0 Å². The molecule has 0 unspecified atom stereocenters. The molecule has 1 amide bonds. The standard InChI is InChI=1S/C24H37F3N4O/c1-4-10-30-11-8-21(9-12-30)31-16-20(14-22(31)23(32)29-17(2)3)28-15-18-6-5-7-19(13-18)24(25,26)27/h5-7,13,17,20-22,28H,4,8-12,14-16H2,1-3H3,(H,29,32)/t20-,22-/m0/s1. The normalized spacial score (nSPS) is 23.7. The molecule has 2 fully saturated rings. The Kier molecular flexibility index (Phi) is 8.58. The highest BCUT2D eigenvalue weighted by Crippen LogP contribution is 2.30. The second-order valence-electron chi connectivity index (χ2n) is 9.46. The van der Waals surface area contributed by atoms with Gasteiger partial charge in [-0.25, -0.2) is 0 Å². The van der Waals surface area contributed by atoms with Gasteiger partial charge in [-0.05, 0) is 70.8 Å². The minimum atomic E-state index is -4.34. The zero-order valence-electron chi connectivity index (χ0n) is 19.4. The molecule has 2 N–H and O–H groups in total. The van der Waals surface area contributed by atoms with Crippen molar-refractivity contribution in [3.8, 4) is 0 Å². The SMILES string of the molecule is CCCN1CCC(N2C[C@@H](NCc3cccc(C(F)(F)F)c3)C[C@H]2C(=O)NC(C)C)CC1. The van der Waals surface area contributed by atoms with Crippen molar-refractivity contribution in [1.29, 1.82) is 0 Å². The summed E-state index contributed by atoms with van der Waals surface area (Å²) in [4.78, 5) is 17.8. The van der Waals surface area contributed by atoms with Gasteiger partial charge in [0.2, 0.25) is 5.91 Å². The number of hydrogen-bond acceptors (Lipinski definition) is 4. The maximum absolute atomic E-state index is 13.0. The van der Waals surface area contributed by atoms with Gasteiger partial charge in [-0.15, -0.1) is 0 Å². The molecule has 0 aliphatic carbocycles. The smallest absolute Gasteiger partial charge is 0.353 e. The maximum atomic E-state index is 13.0. The van der Waals surface area contributed by atoms with E-state index < -0.39 is 11.7 Å². The van der Waals surface area contributed by atoms with Crippen molar-refractivity contribution in [1.82, 2.24) is 20.4 Å². The molecule has 2 heterocycles. The number of halogens is 3. The van der Waals surface area contributed by atoms with Gasteiger partial charge in [0.25, 0.3) is 0 Å². The second kappa shape index (κ2) is 11.0. The average molecular weight is 455 g/mol. The molecule has 2 atom stereocenters. The zero-order valence-corrected chi connectivity index (χ0v) is 19.4. The highest BCUT2D eigenvalue weighted by molar-refractivity contribution is 5.82. The van der Waals surface area contributed by atoms with Gasteiger partial charge in [-0.1, -0.05) is 25.1 Å². The van der Waals surface area contributed by atoms with E-state index in [1.807, 2.05) is 13.8 Å². The molecule has 8 heteroatoms. The molecule has 0 radical (unpaired) electrons. The Morgan fingerprint density at radius 3 is 2.56 bits per heavy atom. The van der Waals surface area contributed by atoms with Crippen LogP contribution in [0.2, 0.25) is 0 Å². The number of amides is 1. The summed E-state index contributed by atoms with van der Waals surface area (Å²) < 4.78 is 39.0. The number of carbonyl (C=O) groups excluding carboxylic acids is 1. The molecule has 0 saturated carbocycles. The van der Waals surface area contributed by atoms with Crippen molar-refractivity contribution >= 4 is 5.91 Å². The molecule has 2 aliphatic rings. The fourth-order valence-electron chi connectivity index (χ4n) is 4.96. The lowest BCUT2D eigenvalue weighted by Crippen LogP contribution is -2.52. The number of alkyl halides is 3. The van der Waals surface area contributed by atoms with Crippen LogP contribution in [0.1, 0.15) is 57.6 Å². The van der Waals surface area contributed by atoms with Crippen molar-refractivity contribution in [2.75, 3.05) is 26.2 Å². The third-order valence-electron chi connectivity index (χ3n) is 6.49. The summed E-state index contributed by atoms with van der Waals surface area (Å²) in [7, 11) is 0. The van der Waals surface area contributed by atoms with E-state index in [2.05, 4.69) is 27.4 Å². The van der Waals surface area contributed by atoms with Gasteiger partial charge in [0, 0.05) is 31.2 Å². The number of carbonyl (C=O) groups is 1. The van der Waals surface area contributed by atoms with Gasteiger partial charge >= 0.3 is 6.18 Å². The number of nitrogens with zero attached hydrogens (tertiary/aromatic N) is 2. The van der Waals surface area contributed by atoms with E-state index in [-0.39, 0.29) is 24.0 Å². The summed E-state index contributed by atoms with van der Waals surface area (Å²) in [5, 5.41) is 6.47. The third kappa shape index (κ3) is 6.68. The molecule has 180 valence electrons. The summed E-state index contributed by atoms with van der Waals surface area (Å²) >= 11 is 0. The lowest BCUT2D eigenvalue weighted by Gasteiger charge is -2.39. The topological polar surface area (TPSA) is 47.6 Å². The predicted octanol–water partition coefficient (Wildman–Crippen LogP) is 3.64. The quantitative estimate of drug-likeness (QED) is 0.630. The Morgan fingerprint density at radius 1 is 1.22 bits per heavy atom. The number of piperidine rings is 1. The van der Waals surface area contributed by atoms with Crippen LogP contribution in [0.5, 0.6) is 0 Å². The van der Waals surface area contributed by atoms with Gasteiger partial charge in [-0.3, -0.25) is 9.69 Å². The number of likely N-dealkylation sites (tertiary alicyclic amines) is 2. The minimum absolute atomic E-state index is 0.0550. The largest absolute Gasteiger partial charge is 0.416 e. The lowest BCUT2D eigenvalue weighted by molar-refractivity contribution is -0.137. The van der Waals surface area contributed by atoms with Gasteiger partial charge in [0.05, 0.1) is 11.6 Å². The Morgan fingerprint density at radius 2 is 1.94 bits per heavy atom. The molecule has 1 aromatic carbocycles. The Labute approximate surface area is 189 Å². The lowest BCUT2D eigenvalue weighted by atomic mass is 10.0. The summed E-state index contributed by atoms with van der Waals surface area (Å²) in [5.41, 5.74) is -0.0211. The van der Waals surface area contributed by atoms with Crippen LogP contribution in [-0.4, -0.2) is 66.1 Å². The van der Waals surface area contributed by atoms with Crippen LogP contribution in [0.3, 0.4) is 0 Å². The first-order valence-corrected chi connectivity index (χ1v) is 11.8. The van der Waals surface area contributed by atoms with E-state index in [0.29, 0.717) is 24.6 Å². The van der Waals surface area contributed by atoms with Crippen LogP contribution in [0.15, 0.2) is 24.3 Å². The van der Waals surface area contributed by atoms with Gasteiger partial charge in [-0.2, -0.15) is 13.2 Å². The number of rotatable bonds is 8. The molecule has 0 aromatic heterocycles. The molecule has 2 saturated heterocycles. The number of nitrogens with one attached hydrogen (secondary N) is 2. The first kappa shape index (κ1) is 25.0. The predicted molar refractivity (Wildman–Crippen MR) is 120 cm³/mol. The molecular formula is C24H37F3N4O. The van der Waals surface area contributed by atoms with E-state index in [4.69, 9.17) is 0 Å².